The molecular formula is C10H22N4O. The van der Waals surface area contributed by atoms with Crippen LogP contribution in [0, 0.1) is 0 Å². The lowest BCUT2D eigenvalue weighted by atomic mass is 10.1. The summed E-state index contributed by atoms with van der Waals surface area (Å²) >= 11 is 0. The Morgan fingerprint density at radius 1 is 1.47 bits per heavy atom. The number of likely N-dealkylation sites (N-methyl/N-ethyl adjacent to an activating group) is 2. The summed E-state index contributed by atoms with van der Waals surface area (Å²) in [6, 6.07) is 0.177. The van der Waals surface area contributed by atoms with Crippen LogP contribution in [0.4, 0.5) is 0 Å². The Bertz CT molecular complexity index is 219. The van der Waals surface area contributed by atoms with Gasteiger partial charge in [0.05, 0.1) is 12.6 Å². The van der Waals surface area contributed by atoms with Crippen LogP contribution in [0.5, 0.6) is 0 Å². The van der Waals surface area contributed by atoms with Crippen LogP contribution in [0.15, 0.2) is 0 Å². The molecule has 0 aromatic heterocycles. The number of nitrogens with zero attached hydrogens (tertiary/aromatic N) is 3. The molecule has 0 radical (unpaired) electrons. The van der Waals surface area contributed by atoms with Crippen molar-refractivity contribution in [2.45, 2.75) is 6.04 Å². The van der Waals surface area contributed by atoms with E-state index in [0.29, 0.717) is 13.1 Å². The van der Waals surface area contributed by atoms with Gasteiger partial charge in [0, 0.05) is 26.2 Å². The smallest absolute Gasteiger partial charge is 0.237 e. The van der Waals surface area contributed by atoms with E-state index in [0.717, 1.165) is 19.6 Å². The van der Waals surface area contributed by atoms with Crippen molar-refractivity contribution in [2.75, 3.05) is 53.9 Å². The maximum Gasteiger partial charge on any atom is 0.237 e. The highest BCUT2D eigenvalue weighted by Crippen LogP contribution is 2.07. The first kappa shape index (κ1) is 12.4. The van der Waals surface area contributed by atoms with Gasteiger partial charge in [0.25, 0.3) is 0 Å². The predicted molar refractivity (Wildman–Crippen MR) is 60.6 cm³/mol. The van der Waals surface area contributed by atoms with E-state index in [-0.39, 0.29) is 11.9 Å². The Morgan fingerprint density at radius 2 is 2.13 bits per heavy atom. The molecule has 0 aliphatic carbocycles. The van der Waals surface area contributed by atoms with Gasteiger partial charge in [-0.05, 0) is 21.1 Å². The molecule has 1 fully saturated rings. The highest BCUT2D eigenvalue weighted by atomic mass is 16.2. The van der Waals surface area contributed by atoms with Crippen molar-refractivity contribution in [3.63, 3.8) is 0 Å². The molecule has 0 bridgehead atoms. The molecule has 5 nitrogen and oxygen atoms in total. The molecule has 0 saturated carbocycles. The van der Waals surface area contributed by atoms with Crippen LogP contribution in [0.2, 0.25) is 0 Å². The fourth-order valence-corrected chi connectivity index (χ4v) is 1.90. The summed E-state index contributed by atoms with van der Waals surface area (Å²) in [6.45, 7) is 3.64. The van der Waals surface area contributed by atoms with Gasteiger partial charge >= 0.3 is 0 Å². The summed E-state index contributed by atoms with van der Waals surface area (Å²) in [5.41, 5.74) is 5.69. The number of carbonyl (C=O) groups excluding carboxylic acids is 1. The number of hydrogen-bond acceptors (Lipinski definition) is 4. The summed E-state index contributed by atoms with van der Waals surface area (Å²) in [4.78, 5) is 17.9. The zero-order chi connectivity index (χ0) is 11.4. The minimum Gasteiger partial charge on any atom is -0.335 e. The van der Waals surface area contributed by atoms with Crippen LogP contribution >= 0.6 is 0 Å². The minimum atomic E-state index is 0.177. The Hall–Kier alpha value is -0.650. The lowest BCUT2D eigenvalue weighted by Gasteiger charge is -2.40. The average molecular weight is 214 g/mol. The topological polar surface area (TPSA) is 52.8 Å². The van der Waals surface area contributed by atoms with Gasteiger partial charge in [-0.25, -0.2) is 0 Å². The molecule has 88 valence electrons. The van der Waals surface area contributed by atoms with Gasteiger partial charge in [-0.2, -0.15) is 0 Å². The van der Waals surface area contributed by atoms with E-state index in [2.05, 4.69) is 11.9 Å². The second-order valence-corrected chi connectivity index (χ2v) is 4.48. The van der Waals surface area contributed by atoms with Gasteiger partial charge in [0.1, 0.15) is 0 Å². The van der Waals surface area contributed by atoms with Crippen LogP contribution in [-0.2, 0) is 4.79 Å². The number of carbonyl (C=O) groups is 1. The van der Waals surface area contributed by atoms with E-state index in [1.54, 1.807) is 0 Å². The van der Waals surface area contributed by atoms with Crippen LogP contribution in [0.1, 0.15) is 0 Å². The number of amides is 1. The quantitative estimate of drug-likeness (QED) is 0.631. The highest BCUT2D eigenvalue weighted by Gasteiger charge is 2.27. The summed E-state index contributed by atoms with van der Waals surface area (Å²) in [7, 11) is 5.88. The molecule has 1 heterocycles. The summed E-state index contributed by atoms with van der Waals surface area (Å²) in [6.07, 6.45) is 0. The Labute approximate surface area is 91.8 Å². The predicted octanol–water partition coefficient (Wildman–Crippen LogP) is -1.35. The van der Waals surface area contributed by atoms with Crippen LogP contribution < -0.4 is 5.73 Å². The van der Waals surface area contributed by atoms with Gasteiger partial charge in [0.2, 0.25) is 5.91 Å². The van der Waals surface area contributed by atoms with Gasteiger partial charge < -0.3 is 20.4 Å². The number of hydrogen-bond donors (Lipinski definition) is 1. The normalized spacial score (nSPS) is 23.5. The van der Waals surface area contributed by atoms with E-state index in [4.69, 9.17) is 5.73 Å². The van der Waals surface area contributed by atoms with E-state index in [1.807, 2.05) is 23.9 Å². The van der Waals surface area contributed by atoms with Gasteiger partial charge in [0.15, 0.2) is 0 Å². The van der Waals surface area contributed by atoms with Gasteiger partial charge in [-0.3, -0.25) is 4.79 Å². The average Bonchev–Trinajstić information content (AvgIpc) is 2.16. The van der Waals surface area contributed by atoms with Crippen molar-refractivity contribution in [2.24, 2.45) is 5.73 Å². The highest BCUT2D eigenvalue weighted by molar-refractivity contribution is 5.78. The van der Waals surface area contributed by atoms with E-state index >= 15 is 0 Å². The van der Waals surface area contributed by atoms with Crippen molar-refractivity contribution in [3.05, 3.63) is 0 Å². The lowest BCUT2D eigenvalue weighted by molar-refractivity contribution is -0.136. The largest absolute Gasteiger partial charge is 0.335 e. The van der Waals surface area contributed by atoms with Crippen molar-refractivity contribution in [1.29, 1.82) is 0 Å². The molecule has 1 rings (SSSR count). The zero-order valence-electron chi connectivity index (χ0n) is 9.94. The third-order valence-electron chi connectivity index (χ3n) is 2.73. The monoisotopic (exact) mass is 214 g/mol. The van der Waals surface area contributed by atoms with E-state index < -0.39 is 0 Å². The standard InChI is InChI=1S/C10H22N4O/c1-12(2)8-10(15)14-5-4-13(3)7-9(14)6-11/h9H,4-8,11H2,1-3H3. The van der Waals surface area contributed by atoms with Crippen LogP contribution in [0.25, 0.3) is 0 Å². The summed E-state index contributed by atoms with van der Waals surface area (Å²) in [5, 5.41) is 0. The fraction of sp³-hybridized carbons (Fsp3) is 0.900. The van der Waals surface area contributed by atoms with Crippen LogP contribution in [-0.4, -0.2) is 80.5 Å². The first-order chi connectivity index (χ1) is 7.04. The third kappa shape index (κ3) is 3.44. The molecule has 1 amide bonds. The van der Waals surface area contributed by atoms with Crippen molar-refractivity contribution in [1.82, 2.24) is 14.7 Å². The summed E-state index contributed by atoms with van der Waals surface area (Å²) in [5.74, 6) is 0.184. The Kier molecular flexibility index (Phi) is 4.50. The first-order valence-electron chi connectivity index (χ1n) is 5.37. The second-order valence-electron chi connectivity index (χ2n) is 4.48. The van der Waals surface area contributed by atoms with Crippen LogP contribution in [0.3, 0.4) is 0 Å². The summed E-state index contributed by atoms with van der Waals surface area (Å²) < 4.78 is 0. The molecule has 2 N–H and O–H groups in total. The first-order valence-corrected chi connectivity index (χ1v) is 5.37. The Morgan fingerprint density at radius 3 is 2.67 bits per heavy atom. The molecule has 1 aliphatic heterocycles. The fourth-order valence-electron chi connectivity index (χ4n) is 1.90. The van der Waals surface area contributed by atoms with Crippen molar-refractivity contribution < 1.29 is 4.79 Å². The maximum atomic E-state index is 11.9. The Balaban J connectivity index is 2.55. The van der Waals surface area contributed by atoms with Crippen molar-refractivity contribution >= 4 is 5.91 Å². The molecule has 5 heteroatoms. The molecular weight excluding hydrogens is 192 g/mol. The van der Waals surface area contributed by atoms with Gasteiger partial charge in [-0.1, -0.05) is 0 Å². The second kappa shape index (κ2) is 5.44. The molecule has 0 spiro atoms. The molecule has 1 atom stereocenters. The number of rotatable bonds is 3. The van der Waals surface area contributed by atoms with E-state index in [1.165, 1.54) is 0 Å². The van der Waals surface area contributed by atoms with Gasteiger partial charge in [-0.15, -0.1) is 0 Å². The number of nitrogens with two attached hydrogens (primary N) is 1. The number of piperazine rings is 1. The minimum absolute atomic E-state index is 0.177. The molecule has 1 unspecified atom stereocenters. The zero-order valence-corrected chi connectivity index (χ0v) is 9.94. The SMILES string of the molecule is CN(C)CC(=O)N1CCN(C)CC1CN. The molecule has 15 heavy (non-hydrogen) atoms. The lowest BCUT2D eigenvalue weighted by Crippen LogP contribution is -2.58. The van der Waals surface area contributed by atoms with Crippen molar-refractivity contribution in [3.8, 4) is 0 Å². The molecule has 0 aromatic rings. The maximum absolute atomic E-state index is 11.9. The van der Waals surface area contributed by atoms with E-state index in [9.17, 15) is 4.79 Å². The third-order valence-corrected chi connectivity index (χ3v) is 2.73. The molecule has 1 saturated heterocycles. The molecule has 0 aromatic carbocycles. The molecule has 1 aliphatic rings.